The largest absolute Gasteiger partial charge is 0.396 e. The molecule has 1 aromatic rings. The van der Waals surface area contributed by atoms with Crippen molar-refractivity contribution >= 4 is 17.6 Å². The predicted octanol–water partition coefficient (Wildman–Crippen LogP) is -0.712. The third kappa shape index (κ3) is 2.31. The maximum absolute atomic E-state index is 11.7. The van der Waals surface area contributed by atoms with Crippen molar-refractivity contribution in [1.29, 1.82) is 0 Å². The molecule has 1 saturated heterocycles. The van der Waals surface area contributed by atoms with Crippen molar-refractivity contribution in [3.63, 3.8) is 0 Å². The molecule has 3 atom stereocenters. The van der Waals surface area contributed by atoms with Gasteiger partial charge in [-0.3, -0.25) is 4.57 Å². The van der Waals surface area contributed by atoms with Crippen LogP contribution in [0.25, 0.3) is 0 Å². The van der Waals surface area contributed by atoms with Crippen LogP contribution in [0.15, 0.2) is 17.1 Å². The first-order valence-corrected chi connectivity index (χ1v) is 6.40. The van der Waals surface area contributed by atoms with Gasteiger partial charge in [-0.25, -0.2) is 4.79 Å². The fraction of sp³-hybridized carbons (Fsp3) is 0.600. The molecule has 0 spiro atoms. The molecule has 17 heavy (non-hydrogen) atoms. The molecule has 1 aliphatic heterocycles. The molecule has 0 bridgehead atoms. The Balaban J connectivity index is 2.31. The molecule has 0 unspecified atom stereocenters. The van der Waals surface area contributed by atoms with Crippen LogP contribution >= 0.6 is 11.8 Å². The molecule has 6 nitrogen and oxygen atoms in total. The van der Waals surface area contributed by atoms with Crippen LogP contribution in [0, 0.1) is 11.8 Å². The number of anilines is 1. The van der Waals surface area contributed by atoms with Crippen molar-refractivity contribution in [2.45, 2.75) is 5.37 Å². The van der Waals surface area contributed by atoms with E-state index in [-0.39, 0.29) is 36.2 Å². The summed E-state index contributed by atoms with van der Waals surface area (Å²) >= 11 is 1.54. The highest BCUT2D eigenvalue weighted by atomic mass is 32.2. The highest BCUT2D eigenvalue weighted by Crippen LogP contribution is 2.43. The van der Waals surface area contributed by atoms with Crippen LogP contribution in [-0.4, -0.2) is 38.7 Å². The summed E-state index contributed by atoms with van der Waals surface area (Å²) in [6.07, 6.45) is 1.59. The number of nitrogen functional groups attached to an aromatic ring is 1. The highest BCUT2D eigenvalue weighted by molar-refractivity contribution is 7.99. The Labute approximate surface area is 102 Å². The SMILES string of the molecule is Nc1ccn([C@@H]2SC[C@H](CO)[C@H]2CO)c(=O)n1. The molecule has 2 heterocycles. The van der Waals surface area contributed by atoms with Crippen LogP contribution in [0.4, 0.5) is 5.82 Å². The summed E-state index contributed by atoms with van der Waals surface area (Å²) < 4.78 is 1.47. The molecule has 1 fully saturated rings. The van der Waals surface area contributed by atoms with Crippen LogP contribution < -0.4 is 11.4 Å². The van der Waals surface area contributed by atoms with Crippen LogP contribution in [0.3, 0.4) is 0 Å². The lowest BCUT2D eigenvalue weighted by atomic mass is 9.95. The minimum absolute atomic E-state index is 0.0134. The van der Waals surface area contributed by atoms with Crippen molar-refractivity contribution in [3.05, 3.63) is 22.7 Å². The molecule has 94 valence electrons. The highest BCUT2D eigenvalue weighted by Gasteiger charge is 2.37. The lowest BCUT2D eigenvalue weighted by Crippen LogP contribution is -2.31. The number of rotatable bonds is 3. The zero-order valence-electron chi connectivity index (χ0n) is 9.19. The van der Waals surface area contributed by atoms with Crippen LogP contribution in [0.5, 0.6) is 0 Å². The quantitative estimate of drug-likeness (QED) is 0.661. The van der Waals surface area contributed by atoms with E-state index in [1.54, 1.807) is 24.0 Å². The third-order valence-corrected chi connectivity index (χ3v) is 4.56. The summed E-state index contributed by atoms with van der Waals surface area (Å²) in [7, 11) is 0. The monoisotopic (exact) mass is 257 g/mol. The standard InChI is InChI=1S/C10H15N3O3S/c11-8-1-2-13(10(16)12-8)9-7(4-15)6(3-14)5-17-9/h1-2,6-7,9,14-15H,3-5H2,(H2,11,12,16)/t6-,7+,9+/m0/s1. The number of aliphatic hydroxyl groups excluding tert-OH is 2. The first-order chi connectivity index (χ1) is 8.17. The van der Waals surface area contributed by atoms with Gasteiger partial charge < -0.3 is 15.9 Å². The van der Waals surface area contributed by atoms with E-state index in [4.69, 9.17) is 5.73 Å². The Kier molecular flexibility index (Phi) is 3.70. The Hall–Kier alpha value is -1.05. The molecule has 0 aliphatic carbocycles. The number of nitrogens with zero attached hydrogens (tertiary/aromatic N) is 2. The van der Waals surface area contributed by atoms with Crippen molar-refractivity contribution in [2.24, 2.45) is 11.8 Å². The fourth-order valence-electron chi connectivity index (χ4n) is 2.04. The maximum Gasteiger partial charge on any atom is 0.350 e. The van der Waals surface area contributed by atoms with Gasteiger partial charge in [0.2, 0.25) is 0 Å². The van der Waals surface area contributed by atoms with Gasteiger partial charge in [0.25, 0.3) is 0 Å². The number of nitrogens with two attached hydrogens (primary N) is 1. The summed E-state index contributed by atoms with van der Waals surface area (Å²) in [5.41, 5.74) is 5.01. The fourth-order valence-corrected chi connectivity index (χ4v) is 3.71. The van der Waals surface area contributed by atoms with E-state index in [1.807, 2.05) is 0 Å². The number of hydrogen-bond acceptors (Lipinski definition) is 6. The van der Waals surface area contributed by atoms with E-state index >= 15 is 0 Å². The second-order valence-corrected chi connectivity index (χ2v) is 5.20. The van der Waals surface area contributed by atoms with Gasteiger partial charge in [0.05, 0.1) is 5.37 Å². The molecule has 0 saturated carbocycles. The smallest absolute Gasteiger partial charge is 0.350 e. The minimum Gasteiger partial charge on any atom is -0.396 e. The van der Waals surface area contributed by atoms with E-state index in [2.05, 4.69) is 4.98 Å². The second kappa shape index (κ2) is 5.07. The van der Waals surface area contributed by atoms with Gasteiger partial charge in [0.15, 0.2) is 0 Å². The molecular formula is C10H15N3O3S. The minimum atomic E-state index is -0.417. The van der Waals surface area contributed by atoms with Gasteiger partial charge in [0, 0.05) is 31.1 Å². The van der Waals surface area contributed by atoms with Crippen LogP contribution in [0.1, 0.15) is 5.37 Å². The Morgan fingerprint density at radius 2 is 2.29 bits per heavy atom. The van der Waals surface area contributed by atoms with Gasteiger partial charge >= 0.3 is 5.69 Å². The van der Waals surface area contributed by atoms with E-state index in [9.17, 15) is 15.0 Å². The molecule has 4 N–H and O–H groups in total. The first-order valence-electron chi connectivity index (χ1n) is 5.35. The van der Waals surface area contributed by atoms with E-state index in [0.29, 0.717) is 0 Å². The molecule has 1 aromatic heterocycles. The van der Waals surface area contributed by atoms with E-state index < -0.39 is 5.69 Å². The average molecular weight is 257 g/mol. The van der Waals surface area contributed by atoms with Crippen LogP contribution in [-0.2, 0) is 0 Å². The van der Waals surface area contributed by atoms with Gasteiger partial charge in [0.1, 0.15) is 5.82 Å². The second-order valence-electron chi connectivity index (χ2n) is 4.06. The van der Waals surface area contributed by atoms with Gasteiger partial charge in [-0.15, -0.1) is 11.8 Å². The maximum atomic E-state index is 11.7. The van der Waals surface area contributed by atoms with Gasteiger partial charge in [-0.05, 0) is 12.0 Å². The number of aliphatic hydroxyl groups is 2. The van der Waals surface area contributed by atoms with Crippen LogP contribution in [0.2, 0.25) is 0 Å². The van der Waals surface area contributed by atoms with Crippen molar-refractivity contribution in [3.8, 4) is 0 Å². The predicted molar refractivity (Wildman–Crippen MR) is 65.6 cm³/mol. The third-order valence-electron chi connectivity index (χ3n) is 3.02. The van der Waals surface area contributed by atoms with Crippen molar-refractivity contribution in [1.82, 2.24) is 9.55 Å². The normalized spacial score (nSPS) is 28.5. The summed E-state index contributed by atoms with van der Waals surface area (Å²) in [5, 5.41) is 18.4. The molecule has 7 heteroatoms. The van der Waals surface area contributed by atoms with Gasteiger partial charge in [-0.2, -0.15) is 4.98 Å². The molecule has 0 aromatic carbocycles. The number of thioether (sulfide) groups is 1. The summed E-state index contributed by atoms with van der Waals surface area (Å²) in [4.78, 5) is 15.4. The number of aromatic nitrogens is 2. The Morgan fingerprint density at radius 1 is 1.53 bits per heavy atom. The zero-order chi connectivity index (χ0) is 12.4. The average Bonchev–Trinajstić information content (AvgIpc) is 2.71. The molecule has 1 aliphatic rings. The lowest BCUT2D eigenvalue weighted by molar-refractivity contribution is 0.126. The molecule has 0 radical (unpaired) electrons. The van der Waals surface area contributed by atoms with E-state index in [0.717, 1.165) is 5.75 Å². The molecular weight excluding hydrogens is 242 g/mol. The molecule has 2 rings (SSSR count). The lowest BCUT2D eigenvalue weighted by Gasteiger charge is -2.21. The summed E-state index contributed by atoms with van der Waals surface area (Å²) in [5.74, 6) is 0.796. The first kappa shape index (κ1) is 12.4. The van der Waals surface area contributed by atoms with E-state index in [1.165, 1.54) is 4.57 Å². The molecule has 0 amide bonds. The van der Waals surface area contributed by atoms with Gasteiger partial charge in [-0.1, -0.05) is 0 Å². The van der Waals surface area contributed by atoms with Crippen molar-refractivity contribution in [2.75, 3.05) is 24.7 Å². The number of hydrogen-bond donors (Lipinski definition) is 3. The Bertz CT molecular complexity index is 451. The summed E-state index contributed by atoms with van der Waals surface area (Å²) in [6, 6.07) is 1.56. The zero-order valence-corrected chi connectivity index (χ0v) is 10.0. The topological polar surface area (TPSA) is 101 Å². The Morgan fingerprint density at radius 3 is 2.88 bits per heavy atom. The van der Waals surface area contributed by atoms with Crippen molar-refractivity contribution < 1.29 is 10.2 Å². The summed E-state index contributed by atoms with van der Waals surface area (Å²) in [6.45, 7) is -0.0361.